The lowest BCUT2D eigenvalue weighted by molar-refractivity contribution is 0.0322. The van der Waals surface area contributed by atoms with E-state index in [0.717, 1.165) is 44.3 Å². The van der Waals surface area contributed by atoms with Crippen LogP contribution in [-0.4, -0.2) is 70.5 Å². The monoisotopic (exact) mass is 565 g/mol. The Balaban J connectivity index is 1.16. The quantitative estimate of drug-likeness (QED) is 0.298. The number of carbonyl (C=O) groups excluding carboxylic acids is 1. The molecule has 4 aromatic rings. The number of carbonyl (C=O) groups is 1. The Morgan fingerprint density at radius 2 is 1.85 bits per heavy atom. The molecule has 0 aliphatic carbocycles. The lowest BCUT2D eigenvalue weighted by Crippen LogP contribution is -2.38. The Morgan fingerprint density at radius 3 is 2.55 bits per heavy atom. The molecule has 0 radical (unpaired) electrons. The minimum absolute atomic E-state index is 0.213. The van der Waals surface area contributed by atoms with Crippen molar-refractivity contribution >= 4 is 29.1 Å². The van der Waals surface area contributed by atoms with E-state index in [4.69, 9.17) is 25.6 Å². The van der Waals surface area contributed by atoms with Crippen LogP contribution in [0.3, 0.4) is 0 Å². The first-order valence-corrected chi connectivity index (χ1v) is 13.4. The molecule has 5 rings (SSSR count). The number of aromatic nitrogens is 4. The van der Waals surface area contributed by atoms with Crippen molar-refractivity contribution in [2.75, 3.05) is 50.1 Å². The van der Waals surface area contributed by atoms with Gasteiger partial charge in [-0.3, -0.25) is 10.2 Å². The zero-order chi connectivity index (χ0) is 28.1. The van der Waals surface area contributed by atoms with Crippen LogP contribution in [0.15, 0.2) is 59.3 Å². The molecule has 11 nitrogen and oxygen atoms in total. The van der Waals surface area contributed by atoms with Crippen molar-refractivity contribution in [1.82, 2.24) is 25.1 Å². The number of hydrogen-bond acceptors (Lipinski definition) is 8. The van der Waals surface area contributed by atoms with Gasteiger partial charge in [-0.15, -0.1) is 5.10 Å². The summed E-state index contributed by atoms with van der Waals surface area (Å²) in [4.78, 5) is 14.8. The second-order valence-corrected chi connectivity index (χ2v) is 10.9. The maximum absolute atomic E-state index is 12.4. The van der Waals surface area contributed by atoms with E-state index >= 15 is 0 Å². The van der Waals surface area contributed by atoms with Crippen molar-refractivity contribution < 1.29 is 18.8 Å². The van der Waals surface area contributed by atoms with Gasteiger partial charge in [0.05, 0.1) is 30.1 Å². The molecule has 40 heavy (non-hydrogen) atoms. The van der Waals surface area contributed by atoms with Crippen LogP contribution in [0.5, 0.6) is 5.75 Å². The van der Waals surface area contributed by atoms with Crippen molar-refractivity contribution in [3.63, 3.8) is 0 Å². The largest absolute Gasteiger partial charge is 0.492 e. The third-order valence-electron chi connectivity index (χ3n) is 6.37. The lowest BCUT2D eigenvalue weighted by atomic mass is 9.93. The van der Waals surface area contributed by atoms with Crippen LogP contribution < -0.4 is 15.4 Å². The van der Waals surface area contributed by atoms with E-state index in [0.29, 0.717) is 40.2 Å². The highest BCUT2D eigenvalue weighted by Gasteiger charge is 2.20. The molecule has 0 spiro atoms. The molecule has 0 unspecified atom stereocenters. The zero-order valence-electron chi connectivity index (χ0n) is 22.7. The highest BCUT2D eigenvalue weighted by molar-refractivity contribution is 6.33. The number of halogens is 1. The van der Waals surface area contributed by atoms with Gasteiger partial charge in [0, 0.05) is 42.4 Å². The molecule has 210 valence electrons. The SMILES string of the molecule is CC(C)(C)c1cc(NC(=O)Nc2ccc(-c3cn(-c4ccc(OCCN5CCOCC5)cc4)nn3)c(Cl)c2)no1. The molecule has 3 heterocycles. The number of anilines is 2. The summed E-state index contributed by atoms with van der Waals surface area (Å²) in [6, 6.07) is 14.1. The summed E-state index contributed by atoms with van der Waals surface area (Å²) >= 11 is 6.54. The summed E-state index contributed by atoms with van der Waals surface area (Å²) in [5, 5.41) is 18.3. The number of nitrogens with zero attached hydrogens (tertiary/aromatic N) is 5. The predicted molar refractivity (Wildman–Crippen MR) is 152 cm³/mol. The summed E-state index contributed by atoms with van der Waals surface area (Å²) in [7, 11) is 0. The van der Waals surface area contributed by atoms with E-state index in [1.807, 2.05) is 45.0 Å². The number of hydrogen-bond donors (Lipinski definition) is 2. The summed E-state index contributed by atoms with van der Waals surface area (Å²) in [6.45, 7) is 10.9. The molecule has 1 aliphatic rings. The van der Waals surface area contributed by atoms with Crippen LogP contribution in [0.1, 0.15) is 26.5 Å². The molecule has 2 aromatic carbocycles. The second-order valence-electron chi connectivity index (χ2n) is 10.4. The van der Waals surface area contributed by atoms with Gasteiger partial charge in [0.1, 0.15) is 23.8 Å². The van der Waals surface area contributed by atoms with Crippen LogP contribution in [-0.2, 0) is 10.2 Å². The third kappa shape index (κ3) is 6.98. The number of nitrogens with one attached hydrogen (secondary N) is 2. The summed E-state index contributed by atoms with van der Waals surface area (Å²) in [5.74, 6) is 1.80. The fraction of sp³-hybridized carbons (Fsp3) is 0.357. The molecule has 2 amide bonds. The standard InChI is InChI=1S/C28H32ClN7O4/c1-28(2,3)25-17-26(33-40-25)31-27(37)30-19-4-9-22(23(29)16-19)24-18-36(34-32-24)20-5-7-21(8-6-20)39-15-12-35-10-13-38-14-11-35/h4-9,16-18H,10-15H2,1-3H3,(H2,30,31,33,37). The average molecular weight is 566 g/mol. The van der Waals surface area contributed by atoms with Gasteiger partial charge in [0.2, 0.25) is 0 Å². The summed E-state index contributed by atoms with van der Waals surface area (Å²) in [6.07, 6.45) is 1.80. The highest BCUT2D eigenvalue weighted by atomic mass is 35.5. The third-order valence-corrected chi connectivity index (χ3v) is 6.68. The van der Waals surface area contributed by atoms with Gasteiger partial charge in [-0.25, -0.2) is 9.48 Å². The van der Waals surface area contributed by atoms with Crippen molar-refractivity contribution in [2.24, 2.45) is 0 Å². The fourth-order valence-corrected chi connectivity index (χ4v) is 4.37. The van der Waals surface area contributed by atoms with Crippen molar-refractivity contribution in [1.29, 1.82) is 0 Å². The Hall–Kier alpha value is -3.93. The van der Waals surface area contributed by atoms with Crippen molar-refractivity contribution in [3.8, 4) is 22.7 Å². The lowest BCUT2D eigenvalue weighted by Gasteiger charge is -2.26. The number of amides is 2. The number of benzene rings is 2. The van der Waals surface area contributed by atoms with Gasteiger partial charge in [0.25, 0.3) is 0 Å². The Morgan fingerprint density at radius 1 is 1.07 bits per heavy atom. The van der Waals surface area contributed by atoms with Crippen LogP contribution >= 0.6 is 11.6 Å². The second kappa shape index (κ2) is 12.1. The first kappa shape index (κ1) is 27.6. The van der Waals surface area contributed by atoms with Gasteiger partial charge in [0.15, 0.2) is 5.82 Å². The topological polar surface area (TPSA) is 120 Å². The molecule has 0 bridgehead atoms. The summed E-state index contributed by atoms with van der Waals surface area (Å²) in [5.41, 5.74) is 2.43. The van der Waals surface area contributed by atoms with Crippen molar-refractivity contribution in [3.05, 3.63) is 65.5 Å². The van der Waals surface area contributed by atoms with Gasteiger partial charge >= 0.3 is 6.03 Å². The molecule has 2 N–H and O–H groups in total. The van der Waals surface area contributed by atoms with E-state index in [-0.39, 0.29) is 5.41 Å². The van der Waals surface area contributed by atoms with Gasteiger partial charge in [-0.2, -0.15) is 0 Å². The Kier molecular flexibility index (Phi) is 8.34. The number of ether oxygens (including phenoxy) is 2. The number of rotatable bonds is 8. The van der Waals surface area contributed by atoms with Gasteiger partial charge in [-0.05, 0) is 42.5 Å². The minimum Gasteiger partial charge on any atom is -0.492 e. The Labute approximate surface area is 237 Å². The Bertz CT molecular complexity index is 1440. The molecular formula is C28H32ClN7O4. The van der Waals surface area contributed by atoms with Gasteiger partial charge < -0.3 is 19.3 Å². The van der Waals surface area contributed by atoms with Gasteiger partial charge in [-0.1, -0.05) is 42.7 Å². The molecule has 1 fully saturated rings. The molecule has 1 aliphatic heterocycles. The predicted octanol–water partition coefficient (Wildman–Crippen LogP) is 5.23. The molecule has 2 aromatic heterocycles. The molecule has 0 atom stereocenters. The number of morpholine rings is 1. The van der Waals surface area contributed by atoms with Crippen LogP contribution in [0, 0.1) is 0 Å². The molecule has 12 heteroatoms. The first-order valence-electron chi connectivity index (χ1n) is 13.1. The van der Waals surface area contributed by atoms with E-state index in [9.17, 15) is 4.79 Å². The highest BCUT2D eigenvalue weighted by Crippen LogP contribution is 2.30. The van der Waals surface area contributed by atoms with Crippen molar-refractivity contribution in [2.45, 2.75) is 26.2 Å². The van der Waals surface area contributed by atoms with E-state index in [2.05, 4.69) is 31.0 Å². The molecule has 1 saturated heterocycles. The number of urea groups is 1. The average Bonchev–Trinajstić information content (AvgIpc) is 3.60. The maximum atomic E-state index is 12.4. The smallest absolute Gasteiger partial charge is 0.324 e. The summed E-state index contributed by atoms with van der Waals surface area (Å²) < 4.78 is 18.2. The fourth-order valence-electron chi connectivity index (χ4n) is 4.09. The van der Waals surface area contributed by atoms with Crippen LogP contribution in [0.25, 0.3) is 16.9 Å². The van der Waals surface area contributed by atoms with E-state index in [1.165, 1.54) is 0 Å². The van der Waals surface area contributed by atoms with E-state index in [1.54, 1.807) is 35.1 Å². The normalized spacial score (nSPS) is 14.2. The van der Waals surface area contributed by atoms with Crippen LogP contribution in [0.2, 0.25) is 5.02 Å². The van der Waals surface area contributed by atoms with Crippen LogP contribution in [0.4, 0.5) is 16.3 Å². The molecular weight excluding hydrogens is 534 g/mol. The zero-order valence-corrected chi connectivity index (χ0v) is 23.4. The maximum Gasteiger partial charge on any atom is 0.324 e. The minimum atomic E-state index is -0.461. The molecule has 0 saturated carbocycles. The van der Waals surface area contributed by atoms with E-state index < -0.39 is 6.03 Å². The first-order chi connectivity index (χ1) is 19.2.